The molecule has 7 nitrogen and oxygen atoms in total. The first kappa shape index (κ1) is 21.5. The number of hydrogen-bond acceptors (Lipinski definition) is 6. The van der Waals surface area contributed by atoms with Crippen LogP contribution >= 0.6 is 0 Å². The van der Waals surface area contributed by atoms with Gasteiger partial charge in [-0.1, -0.05) is 13.8 Å². The van der Waals surface area contributed by atoms with Crippen LogP contribution in [-0.2, 0) is 16.6 Å². The molecule has 33 heavy (non-hydrogen) atoms. The Hall–Kier alpha value is -1.99. The Bertz CT molecular complexity index is 976. The van der Waals surface area contributed by atoms with Gasteiger partial charge in [0.2, 0.25) is 0 Å². The van der Waals surface area contributed by atoms with Crippen molar-refractivity contribution in [1.29, 1.82) is 0 Å². The van der Waals surface area contributed by atoms with Crippen molar-refractivity contribution in [2.24, 2.45) is 17.8 Å². The number of aromatic hydroxyl groups is 1. The van der Waals surface area contributed by atoms with Gasteiger partial charge in [-0.15, -0.1) is 0 Å². The van der Waals surface area contributed by atoms with Crippen molar-refractivity contribution < 1.29 is 24.5 Å². The highest BCUT2D eigenvalue weighted by Crippen LogP contribution is 2.65. The molecule has 1 saturated heterocycles. The molecule has 2 aliphatic heterocycles. The number of phenolic OH excluding ortho intramolecular Hbond substituents is 1. The lowest BCUT2D eigenvalue weighted by molar-refractivity contribution is -0.141. The van der Waals surface area contributed by atoms with Gasteiger partial charge in [-0.2, -0.15) is 0 Å². The summed E-state index contributed by atoms with van der Waals surface area (Å²) in [5.74, 6) is 1.97. The molecule has 3 N–H and O–H groups in total. The van der Waals surface area contributed by atoms with E-state index < -0.39 is 12.0 Å². The lowest BCUT2D eigenvalue weighted by Gasteiger charge is -2.60. The standard InChI is InChI=1S/C26H36N2O5/c1-13(2)22(25(30)31)27-17-7-6-16-18-10-15-20(32-3)11-19(29)23-21(15)26(16,24(17)33-23)8-9-28(18)12-14-4-5-14/h11,13-14,16-18,22,24,27,29H,4-10,12H2,1-3H3,(H,30,31)/t16-,17+,18+,22+,24-,26-/m0/s1. The average Bonchev–Trinajstić information content (AvgIpc) is 3.52. The van der Waals surface area contributed by atoms with Gasteiger partial charge in [0.05, 0.1) is 7.11 Å². The number of hydrogen-bond donors (Lipinski definition) is 3. The Labute approximate surface area is 195 Å². The first-order valence-corrected chi connectivity index (χ1v) is 12.7. The Morgan fingerprint density at radius 2 is 2.12 bits per heavy atom. The molecule has 1 aromatic carbocycles. The number of carboxylic acids is 1. The summed E-state index contributed by atoms with van der Waals surface area (Å²) in [6, 6.07) is 1.47. The topological polar surface area (TPSA) is 91.3 Å². The molecule has 1 spiro atoms. The molecule has 3 fully saturated rings. The molecular weight excluding hydrogens is 420 g/mol. The van der Waals surface area contributed by atoms with E-state index in [1.54, 1.807) is 13.2 Å². The first-order chi connectivity index (χ1) is 15.8. The van der Waals surface area contributed by atoms with E-state index in [0.29, 0.717) is 17.7 Å². The lowest BCUT2D eigenvalue weighted by atomic mass is 9.51. The molecule has 0 aromatic heterocycles. The molecule has 2 bridgehead atoms. The number of nitrogens with zero attached hydrogens (tertiary/aromatic N) is 1. The van der Waals surface area contributed by atoms with Gasteiger partial charge in [-0.05, 0) is 62.8 Å². The lowest BCUT2D eigenvalue weighted by Crippen LogP contribution is -2.69. The molecule has 5 aliphatic rings. The van der Waals surface area contributed by atoms with Crippen molar-refractivity contribution in [2.75, 3.05) is 20.2 Å². The highest BCUT2D eigenvalue weighted by molar-refractivity contribution is 5.74. The molecule has 2 heterocycles. The third-order valence-electron chi connectivity index (χ3n) is 9.26. The summed E-state index contributed by atoms with van der Waals surface area (Å²) in [4.78, 5) is 14.7. The largest absolute Gasteiger partial charge is 0.504 e. The highest BCUT2D eigenvalue weighted by Gasteiger charge is 2.66. The number of carboxylic acid groups (broad SMARTS) is 1. The maximum absolute atomic E-state index is 12.0. The third kappa shape index (κ3) is 3.04. The van der Waals surface area contributed by atoms with Crippen LogP contribution in [0, 0.1) is 17.8 Å². The number of aliphatic carboxylic acids is 1. The van der Waals surface area contributed by atoms with E-state index >= 15 is 0 Å². The van der Waals surface area contributed by atoms with Gasteiger partial charge >= 0.3 is 5.97 Å². The number of rotatable bonds is 7. The van der Waals surface area contributed by atoms with Crippen molar-refractivity contribution in [2.45, 2.75) is 82.0 Å². The number of benzene rings is 1. The van der Waals surface area contributed by atoms with E-state index in [-0.39, 0.29) is 29.2 Å². The van der Waals surface area contributed by atoms with Crippen molar-refractivity contribution in [3.63, 3.8) is 0 Å². The summed E-state index contributed by atoms with van der Waals surface area (Å²) in [6.07, 6.45) is 6.38. The van der Waals surface area contributed by atoms with Gasteiger partial charge in [-0.3, -0.25) is 15.0 Å². The monoisotopic (exact) mass is 456 g/mol. The van der Waals surface area contributed by atoms with Gasteiger partial charge in [0.1, 0.15) is 17.9 Å². The zero-order valence-corrected chi connectivity index (χ0v) is 19.8. The third-order valence-corrected chi connectivity index (χ3v) is 9.26. The molecule has 0 radical (unpaired) electrons. The minimum absolute atomic E-state index is 0.0231. The normalized spacial score (nSPS) is 35.2. The van der Waals surface area contributed by atoms with Crippen LogP contribution in [-0.4, -0.2) is 65.5 Å². The van der Waals surface area contributed by atoms with Crippen LogP contribution in [0.5, 0.6) is 17.2 Å². The summed E-state index contributed by atoms with van der Waals surface area (Å²) in [5.41, 5.74) is 2.14. The summed E-state index contributed by atoms with van der Waals surface area (Å²) in [6.45, 7) is 6.11. The minimum atomic E-state index is -0.814. The van der Waals surface area contributed by atoms with Gasteiger partial charge in [0, 0.05) is 41.2 Å². The fraction of sp³-hybridized carbons (Fsp3) is 0.731. The second kappa shape index (κ2) is 7.51. The molecule has 6 rings (SSSR count). The zero-order chi connectivity index (χ0) is 23.1. The van der Waals surface area contributed by atoms with Crippen molar-refractivity contribution in [3.05, 3.63) is 17.2 Å². The van der Waals surface area contributed by atoms with Crippen LogP contribution in [0.3, 0.4) is 0 Å². The number of piperidine rings is 1. The van der Waals surface area contributed by atoms with Gasteiger partial charge in [0.15, 0.2) is 11.5 Å². The van der Waals surface area contributed by atoms with Gasteiger partial charge in [0.25, 0.3) is 0 Å². The second-order valence-corrected chi connectivity index (χ2v) is 11.3. The van der Waals surface area contributed by atoms with Gasteiger partial charge < -0.3 is 19.7 Å². The van der Waals surface area contributed by atoms with Crippen LogP contribution in [0.15, 0.2) is 6.07 Å². The molecule has 1 aromatic rings. The maximum atomic E-state index is 12.0. The van der Waals surface area contributed by atoms with Gasteiger partial charge in [-0.25, -0.2) is 0 Å². The van der Waals surface area contributed by atoms with E-state index in [4.69, 9.17) is 9.47 Å². The molecule has 180 valence electrons. The predicted octanol–water partition coefficient (Wildman–Crippen LogP) is 2.92. The average molecular weight is 457 g/mol. The number of carbonyl (C=O) groups is 1. The zero-order valence-electron chi connectivity index (χ0n) is 19.8. The molecule has 0 amide bonds. The van der Waals surface area contributed by atoms with Crippen LogP contribution in [0.1, 0.15) is 57.1 Å². The molecule has 0 unspecified atom stereocenters. The molecule has 6 atom stereocenters. The maximum Gasteiger partial charge on any atom is 0.320 e. The Balaban J connectivity index is 1.44. The first-order valence-electron chi connectivity index (χ1n) is 12.7. The van der Waals surface area contributed by atoms with E-state index in [2.05, 4.69) is 10.2 Å². The number of ether oxygens (including phenoxy) is 2. The van der Waals surface area contributed by atoms with E-state index in [9.17, 15) is 15.0 Å². The number of likely N-dealkylation sites (tertiary alicyclic amines) is 1. The van der Waals surface area contributed by atoms with Crippen LogP contribution in [0.4, 0.5) is 0 Å². The van der Waals surface area contributed by atoms with Crippen molar-refractivity contribution in [3.8, 4) is 17.2 Å². The summed E-state index contributed by atoms with van der Waals surface area (Å²) < 4.78 is 12.4. The van der Waals surface area contributed by atoms with Crippen LogP contribution in [0.25, 0.3) is 0 Å². The number of nitrogens with one attached hydrogen (secondary N) is 1. The van der Waals surface area contributed by atoms with E-state index in [1.165, 1.54) is 24.9 Å². The second-order valence-electron chi connectivity index (χ2n) is 11.3. The fourth-order valence-electron chi connectivity index (χ4n) is 7.67. The number of methoxy groups -OCH3 is 1. The van der Waals surface area contributed by atoms with Crippen molar-refractivity contribution in [1.82, 2.24) is 10.2 Å². The molecular formula is C26H36N2O5. The molecule has 7 heteroatoms. The van der Waals surface area contributed by atoms with E-state index in [1.807, 2.05) is 13.8 Å². The molecule has 2 saturated carbocycles. The fourth-order valence-corrected chi connectivity index (χ4v) is 7.67. The smallest absolute Gasteiger partial charge is 0.320 e. The Morgan fingerprint density at radius 3 is 2.79 bits per heavy atom. The quantitative estimate of drug-likeness (QED) is 0.581. The van der Waals surface area contributed by atoms with E-state index in [0.717, 1.165) is 49.5 Å². The molecule has 3 aliphatic carbocycles. The SMILES string of the molecule is COc1cc(O)c2c3c1C[C@@H]1[C@@H]4CC[C@@H](N[C@@H](C(=O)O)C(C)C)[C@H](O2)[C@]34CCN1CC1CC1. The minimum Gasteiger partial charge on any atom is -0.504 e. The predicted molar refractivity (Wildman–Crippen MR) is 123 cm³/mol. The summed E-state index contributed by atoms with van der Waals surface area (Å²) in [5, 5.41) is 24.2. The van der Waals surface area contributed by atoms with Crippen molar-refractivity contribution >= 4 is 5.97 Å². The highest BCUT2D eigenvalue weighted by atomic mass is 16.5. The van der Waals surface area contributed by atoms with Crippen LogP contribution in [0.2, 0.25) is 0 Å². The van der Waals surface area contributed by atoms with Crippen LogP contribution < -0.4 is 14.8 Å². The number of phenols is 1. The Morgan fingerprint density at radius 1 is 1.33 bits per heavy atom. The summed E-state index contributed by atoms with van der Waals surface area (Å²) >= 11 is 0. The Kier molecular flexibility index (Phi) is 4.90. The summed E-state index contributed by atoms with van der Waals surface area (Å²) in [7, 11) is 1.68.